The lowest BCUT2D eigenvalue weighted by Gasteiger charge is -2.17. The monoisotopic (exact) mass is 380 g/mol. The minimum atomic E-state index is -1.00. The molecule has 0 atom stereocenters. The zero-order valence-electron chi connectivity index (χ0n) is 16.0. The molecule has 0 amide bonds. The molecule has 3 rings (SSSR count). The normalized spacial score (nSPS) is 9.96. The predicted octanol–water partition coefficient (Wildman–Crippen LogP) is 4.23. The molecule has 0 aliphatic carbocycles. The molecule has 6 nitrogen and oxygen atoms in total. The van der Waals surface area contributed by atoms with Gasteiger partial charge in [0.05, 0.1) is 21.3 Å². The minimum Gasteiger partial charge on any atom is -0.497 e. The van der Waals surface area contributed by atoms with Crippen LogP contribution in [-0.2, 0) is 0 Å². The van der Waals surface area contributed by atoms with Crippen LogP contribution in [-0.4, -0.2) is 28.7 Å². The highest BCUT2D eigenvalue weighted by Gasteiger charge is 2.30. The van der Waals surface area contributed by atoms with E-state index in [9.17, 15) is 0 Å². The summed E-state index contributed by atoms with van der Waals surface area (Å²) in [5, 5.41) is 0. The quantitative estimate of drug-likeness (QED) is 0.518. The van der Waals surface area contributed by atoms with Gasteiger partial charge in [0.25, 0.3) is 0 Å². The summed E-state index contributed by atoms with van der Waals surface area (Å²) in [4.78, 5) is 0. The van der Waals surface area contributed by atoms with Gasteiger partial charge in [-0.25, -0.2) is 0 Å². The first-order valence-corrected chi connectivity index (χ1v) is 8.62. The zero-order valence-corrected chi connectivity index (χ0v) is 16.0. The van der Waals surface area contributed by atoms with Crippen LogP contribution >= 0.6 is 0 Å². The SMILES string of the molecule is COc1ccc(OB(Oc2ccc(OC)cc2)Oc2ccc(OC)cc2)cc1. The van der Waals surface area contributed by atoms with Crippen molar-refractivity contribution in [1.82, 2.24) is 0 Å². The van der Waals surface area contributed by atoms with Crippen LogP contribution in [0.4, 0.5) is 0 Å². The van der Waals surface area contributed by atoms with Crippen molar-refractivity contribution in [3.8, 4) is 34.5 Å². The van der Waals surface area contributed by atoms with Crippen molar-refractivity contribution < 1.29 is 28.2 Å². The van der Waals surface area contributed by atoms with Crippen molar-refractivity contribution in [2.45, 2.75) is 0 Å². The molecule has 0 unspecified atom stereocenters. The van der Waals surface area contributed by atoms with Crippen LogP contribution in [0.1, 0.15) is 0 Å². The molecule has 0 fully saturated rings. The first-order valence-electron chi connectivity index (χ1n) is 8.62. The number of ether oxygens (including phenoxy) is 3. The summed E-state index contributed by atoms with van der Waals surface area (Å²) in [6, 6.07) is 21.5. The molecule has 144 valence electrons. The molecule has 0 bridgehead atoms. The number of rotatable bonds is 9. The van der Waals surface area contributed by atoms with Crippen molar-refractivity contribution in [2.75, 3.05) is 21.3 Å². The van der Waals surface area contributed by atoms with E-state index in [1.165, 1.54) is 0 Å². The van der Waals surface area contributed by atoms with Gasteiger partial charge in [0, 0.05) is 0 Å². The molecule has 0 aliphatic rings. The van der Waals surface area contributed by atoms with Crippen LogP contribution in [0.2, 0.25) is 0 Å². The van der Waals surface area contributed by atoms with E-state index in [4.69, 9.17) is 28.2 Å². The molecule has 0 N–H and O–H groups in total. The molecular formula is C21H21BO6. The van der Waals surface area contributed by atoms with E-state index in [2.05, 4.69) is 0 Å². The van der Waals surface area contributed by atoms with Crippen LogP contribution in [0.3, 0.4) is 0 Å². The highest BCUT2D eigenvalue weighted by atomic mass is 16.7. The summed E-state index contributed by atoms with van der Waals surface area (Å²) in [5.41, 5.74) is 0. The number of methoxy groups -OCH3 is 3. The largest absolute Gasteiger partial charge is 0.864 e. The lowest BCUT2D eigenvalue weighted by atomic mass is 10.2. The molecule has 0 saturated heterocycles. The smallest absolute Gasteiger partial charge is 0.497 e. The second-order valence-corrected chi connectivity index (χ2v) is 5.67. The topological polar surface area (TPSA) is 55.4 Å². The fourth-order valence-corrected chi connectivity index (χ4v) is 2.37. The first kappa shape index (κ1) is 19.3. The second-order valence-electron chi connectivity index (χ2n) is 5.67. The maximum atomic E-state index is 5.87. The van der Waals surface area contributed by atoms with Gasteiger partial charge < -0.3 is 28.2 Å². The van der Waals surface area contributed by atoms with E-state index < -0.39 is 7.32 Å². The third kappa shape index (κ3) is 5.26. The lowest BCUT2D eigenvalue weighted by molar-refractivity contribution is 0.306. The third-order valence-electron chi connectivity index (χ3n) is 3.88. The average molecular weight is 380 g/mol. The van der Waals surface area contributed by atoms with Gasteiger partial charge in [-0.15, -0.1) is 0 Å². The highest BCUT2D eigenvalue weighted by molar-refractivity contribution is 6.39. The molecule has 3 aromatic rings. The maximum Gasteiger partial charge on any atom is 0.864 e. The van der Waals surface area contributed by atoms with Crippen LogP contribution in [0.15, 0.2) is 72.8 Å². The molecule has 28 heavy (non-hydrogen) atoms. The minimum absolute atomic E-state index is 0.577. The fourth-order valence-electron chi connectivity index (χ4n) is 2.37. The molecule has 7 heteroatoms. The van der Waals surface area contributed by atoms with E-state index in [1.807, 2.05) is 0 Å². The van der Waals surface area contributed by atoms with E-state index in [1.54, 1.807) is 94.1 Å². The third-order valence-corrected chi connectivity index (χ3v) is 3.88. The molecular weight excluding hydrogens is 359 g/mol. The Hall–Kier alpha value is -3.48. The van der Waals surface area contributed by atoms with Crippen molar-refractivity contribution in [2.24, 2.45) is 0 Å². The van der Waals surface area contributed by atoms with E-state index in [0.717, 1.165) is 17.2 Å². The van der Waals surface area contributed by atoms with Crippen molar-refractivity contribution in [3.05, 3.63) is 72.8 Å². The Morgan fingerprint density at radius 3 is 0.821 bits per heavy atom. The summed E-state index contributed by atoms with van der Waals surface area (Å²) < 4.78 is 33.1. The molecule has 0 spiro atoms. The molecule has 0 aliphatic heterocycles. The Balaban J connectivity index is 1.76. The van der Waals surface area contributed by atoms with Gasteiger partial charge in [-0.1, -0.05) is 0 Å². The Morgan fingerprint density at radius 2 is 0.607 bits per heavy atom. The maximum absolute atomic E-state index is 5.87. The van der Waals surface area contributed by atoms with Gasteiger partial charge in [-0.05, 0) is 72.8 Å². The molecule has 0 saturated carbocycles. The van der Waals surface area contributed by atoms with Crippen LogP contribution in [0.5, 0.6) is 34.5 Å². The highest BCUT2D eigenvalue weighted by Crippen LogP contribution is 2.23. The molecule has 0 heterocycles. The summed E-state index contributed by atoms with van der Waals surface area (Å²) in [6.45, 7) is 0. The standard InChI is InChI=1S/C21H21BO6/c1-23-16-4-10-19(11-5-16)26-22(27-20-12-6-17(24-2)7-13-20)28-21-14-8-18(25-3)9-15-21/h4-15H,1-3H3. The summed E-state index contributed by atoms with van der Waals surface area (Å²) >= 11 is 0. The van der Waals surface area contributed by atoms with Crippen LogP contribution < -0.4 is 28.2 Å². The van der Waals surface area contributed by atoms with E-state index in [0.29, 0.717) is 17.2 Å². The second kappa shape index (κ2) is 9.46. The first-order chi connectivity index (χ1) is 13.7. The number of hydrogen-bond acceptors (Lipinski definition) is 6. The number of hydrogen-bond donors (Lipinski definition) is 0. The summed E-state index contributed by atoms with van der Waals surface area (Å²) in [7, 11) is 3.82. The lowest BCUT2D eigenvalue weighted by Crippen LogP contribution is -2.36. The Morgan fingerprint density at radius 1 is 0.393 bits per heavy atom. The van der Waals surface area contributed by atoms with E-state index >= 15 is 0 Å². The van der Waals surface area contributed by atoms with Gasteiger partial charge in [0.15, 0.2) is 0 Å². The van der Waals surface area contributed by atoms with E-state index in [-0.39, 0.29) is 0 Å². The predicted molar refractivity (Wildman–Crippen MR) is 107 cm³/mol. The van der Waals surface area contributed by atoms with Gasteiger partial charge in [-0.2, -0.15) is 0 Å². The van der Waals surface area contributed by atoms with Crippen molar-refractivity contribution in [1.29, 1.82) is 0 Å². The number of benzene rings is 3. The van der Waals surface area contributed by atoms with Crippen molar-refractivity contribution in [3.63, 3.8) is 0 Å². The van der Waals surface area contributed by atoms with Gasteiger partial charge in [-0.3, -0.25) is 0 Å². The average Bonchev–Trinajstić information content (AvgIpc) is 2.75. The van der Waals surface area contributed by atoms with Crippen LogP contribution in [0, 0.1) is 0 Å². The van der Waals surface area contributed by atoms with Gasteiger partial charge >= 0.3 is 7.32 Å². The summed E-state index contributed by atoms with van der Waals surface area (Å²) in [5.74, 6) is 3.93. The Kier molecular flexibility index (Phi) is 6.52. The zero-order chi connectivity index (χ0) is 19.8. The Bertz CT molecular complexity index is 732. The Labute approximate surface area is 164 Å². The summed E-state index contributed by atoms with van der Waals surface area (Å²) in [6.07, 6.45) is 0. The molecule has 0 aromatic heterocycles. The van der Waals surface area contributed by atoms with Crippen molar-refractivity contribution >= 4 is 7.32 Å². The van der Waals surface area contributed by atoms with Crippen LogP contribution in [0.25, 0.3) is 0 Å². The molecule has 0 radical (unpaired) electrons. The fraction of sp³-hybridized carbons (Fsp3) is 0.143. The van der Waals surface area contributed by atoms with Gasteiger partial charge in [0.1, 0.15) is 34.5 Å². The molecule has 3 aromatic carbocycles. The van der Waals surface area contributed by atoms with Gasteiger partial charge in [0.2, 0.25) is 0 Å².